The van der Waals surface area contributed by atoms with Gasteiger partial charge in [0.25, 0.3) is 10.1 Å². The Morgan fingerprint density at radius 2 is 1.13 bits per heavy atom. The molecule has 0 amide bonds. The summed E-state index contributed by atoms with van der Waals surface area (Å²) in [4.78, 5) is 25.6. The smallest absolute Gasteiger partial charge is 0.327 e. The maximum absolute atomic E-state index is 12.0. The number of nitrogens with zero attached hydrogens (tertiary/aromatic N) is 1. The van der Waals surface area contributed by atoms with E-state index in [2.05, 4.69) is 27.7 Å². The highest BCUT2D eigenvalue weighted by Gasteiger charge is 2.35. The third-order valence-electron chi connectivity index (χ3n) is 5.58. The number of aliphatic hydroxyl groups excluding tert-OH is 3. The van der Waals surface area contributed by atoms with E-state index in [9.17, 15) is 22.6 Å². The molecule has 0 bridgehead atoms. The zero-order chi connectivity index (χ0) is 29.4. The third-order valence-corrected chi connectivity index (χ3v) is 6.66. The second-order valence-corrected chi connectivity index (χ2v) is 11.7. The summed E-state index contributed by atoms with van der Waals surface area (Å²) in [5.41, 5.74) is 0. The van der Waals surface area contributed by atoms with Gasteiger partial charge in [0.05, 0.1) is 39.5 Å². The van der Waals surface area contributed by atoms with Crippen molar-refractivity contribution in [3.8, 4) is 0 Å². The standard InChI is InChI=1S/C20H38O7S.C6H15NO3/c1-16(2)11-7-5-9-13-26-19(21)15-18(28(23,24)25)20(22)27-14-10-6-8-12-17(3)4;8-4-1-7(2-5-9)3-6-10/h16-18H,5-15H2,1-4H3,(H,23,24,25);8-10H,1-6H2. The van der Waals surface area contributed by atoms with Crippen molar-refractivity contribution in [1.82, 2.24) is 4.90 Å². The molecule has 11 nitrogen and oxygen atoms in total. The number of hydrogen-bond acceptors (Lipinski definition) is 10. The van der Waals surface area contributed by atoms with Crippen LogP contribution in [0.25, 0.3) is 0 Å². The first kappa shape index (κ1) is 38.8. The van der Waals surface area contributed by atoms with Crippen LogP contribution >= 0.6 is 0 Å². The molecule has 0 fully saturated rings. The van der Waals surface area contributed by atoms with Gasteiger partial charge in [-0.3, -0.25) is 19.0 Å². The fourth-order valence-corrected chi connectivity index (χ4v) is 4.05. The molecule has 1 atom stereocenters. The summed E-state index contributed by atoms with van der Waals surface area (Å²) in [7, 11) is -4.74. The Bertz CT molecular complexity index is 671. The summed E-state index contributed by atoms with van der Waals surface area (Å²) in [5, 5.41) is 23.5. The number of unbranched alkanes of at least 4 members (excludes halogenated alkanes) is 4. The molecule has 12 heteroatoms. The zero-order valence-corrected chi connectivity index (χ0v) is 24.7. The van der Waals surface area contributed by atoms with E-state index in [0.717, 1.165) is 38.5 Å². The number of carbonyl (C=O) groups is 2. The van der Waals surface area contributed by atoms with E-state index in [0.29, 0.717) is 44.3 Å². The van der Waals surface area contributed by atoms with Gasteiger partial charge in [-0.15, -0.1) is 0 Å². The Balaban J connectivity index is 0. The van der Waals surface area contributed by atoms with Crippen LogP contribution < -0.4 is 0 Å². The van der Waals surface area contributed by atoms with Gasteiger partial charge in [0.15, 0.2) is 5.25 Å². The lowest BCUT2D eigenvalue weighted by Crippen LogP contribution is -2.34. The van der Waals surface area contributed by atoms with Crippen LogP contribution in [0, 0.1) is 11.8 Å². The molecule has 0 aromatic rings. The minimum atomic E-state index is -4.74. The van der Waals surface area contributed by atoms with Gasteiger partial charge >= 0.3 is 11.9 Å². The first-order chi connectivity index (χ1) is 17.9. The summed E-state index contributed by atoms with van der Waals surface area (Å²) in [6.07, 6.45) is 6.52. The Morgan fingerprint density at radius 1 is 0.711 bits per heavy atom. The summed E-state index contributed by atoms with van der Waals surface area (Å²) in [6.45, 7) is 10.5. The van der Waals surface area contributed by atoms with Crippen LogP contribution in [0.15, 0.2) is 0 Å². The van der Waals surface area contributed by atoms with E-state index in [4.69, 9.17) is 24.8 Å². The summed E-state index contributed by atoms with van der Waals surface area (Å²) in [6, 6.07) is 0. The minimum absolute atomic E-state index is 0.0633. The summed E-state index contributed by atoms with van der Waals surface area (Å²) in [5.74, 6) is -0.715. The number of rotatable bonds is 22. The van der Waals surface area contributed by atoms with Gasteiger partial charge in [-0.25, -0.2) is 0 Å². The van der Waals surface area contributed by atoms with E-state index in [1.807, 2.05) is 0 Å². The van der Waals surface area contributed by atoms with Gasteiger partial charge in [-0.1, -0.05) is 66.2 Å². The molecular weight excluding hydrogens is 518 g/mol. The van der Waals surface area contributed by atoms with Crippen LogP contribution in [0.4, 0.5) is 0 Å². The first-order valence-electron chi connectivity index (χ1n) is 13.7. The second-order valence-electron chi connectivity index (χ2n) is 10.1. The van der Waals surface area contributed by atoms with Gasteiger partial charge in [0.1, 0.15) is 0 Å². The Morgan fingerprint density at radius 3 is 1.50 bits per heavy atom. The number of ether oxygens (including phenoxy) is 2. The van der Waals surface area contributed by atoms with Crippen molar-refractivity contribution in [3.63, 3.8) is 0 Å². The fraction of sp³-hybridized carbons (Fsp3) is 0.923. The van der Waals surface area contributed by atoms with Crippen molar-refractivity contribution >= 4 is 22.1 Å². The molecule has 0 aliphatic heterocycles. The quantitative estimate of drug-likeness (QED) is 0.0854. The van der Waals surface area contributed by atoms with Crippen LogP contribution in [-0.4, -0.2) is 103 Å². The predicted molar refractivity (Wildman–Crippen MR) is 146 cm³/mol. The van der Waals surface area contributed by atoms with Gasteiger partial charge in [0.2, 0.25) is 0 Å². The molecule has 0 saturated heterocycles. The lowest BCUT2D eigenvalue weighted by molar-refractivity contribution is -0.150. The topological polar surface area (TPSA) is 171 Å². The second kappa shape index (κ2) is 24.7. The predicted octanol–water partition coefficient (Wildman–Crippen LogP) is 2.42. The van der Waals surface area contributed by atoms with Crippen LogP contribution in [0.5, 0.6) is 0 Å². The molecule has 38 heavy (non-hydrogen) atoms. The van der Waals surface area contributed by atoms with E-state index >= 15 is 0 Å². The van der Waals surface area contributed by atoms with E-state index < -0.39 is 33.7 Å². The third kappa shape index (κ3) is 25.0. The van der Waals surface area contributed by atoms with E-state index in [1.54, 1.807) is 4.90 Å². The SMILES string of the molecule is CC(C)CCCCCOC(=O)CC(C(=O)OCCCCCC(C)C)S(=O)(=O)O.OCCN(CCO)CCO. The molecule has 0 rings (SSSR count). The Kier molecular flexibility index (Phi) is 25.3. The van der Waals surface area contributed by atoms with Crippen molar-refractivity contribution < 1.29 is 47.4 Å². The summed E-state index contributed by atoms with van der Waals surface area (Å²) >= 11 is 0. The van der Waals surface area contributed by atoms with Crippen molar-refractivity contribution in [1.29, 1.82) is 0 Å². The number of hydrogen-bond donors (Lipinski definition) is 4. The van der Waals surface area contributed by atoms with Crippen molar-refractivity contribution in [3.05, 3.63) is 0 Å². The molecule has 0 aliphatic carbocycles. The molecule has 0 aromatic heterocycles. The molecule has 0 heterocycles. The van der Waals surface area contributed by atoms with Crippen molar-refractivity contribution in [2.24, 2.45) is 11.8 Å². The maximum Gasteiger partial charge on any atom is 0.327 e. The lowest BCUT2D eigenvalue weighted by atomic mass is 10.1. The lowest BCUT2D eigenvalue weighted by Gasteiger charge is -2.17. The molecule has 0 aliphatic rings. The van der Waals surface area contributed by atoms with Crippen LogP contribution in [-0.2, 0) is 29.2 Å². The first-order valence-corrected chi connectivity index (χ1v) is 15.2. The summed E-state index contributed by atoms with van der Waals surface area (Å²) < 4.78 is 42.1. The highest BCUT2D eigenvalue weighted by Crippen LogP contribution is 2.12. The molecule has 228 valence electrons. The molecular formula is C26H53NO10S. The number of esters is 2. The van der Waals surface area contributed by atoms with E-state index in [1.165, 1.54) is 0 Å². The van der Waals surface area contributed by atoms with Gasteiger partial charge in [-0.2, -0.15) is 8.42 Å². The van der Waals surface area contributed by atoms with Crippen LogP contribution in [0.1, 0.15) is 85.5 Å². The monoisotopic (exact) mass is 571 g/mol. The number of aliphatic hydroxyl groups is 3. The average Bonchev–Trinajstić information content (AvgIpc) is 2.81. The van der Waals surface area contributed by atoms with Crippen molar-refractivity contribution in [2.75, 3.05) is 52.7 Å². The normalized spacial score (nSPS) is 12.4. The van der Waals surface area contributed by atoms with Gasteiger partial charge < -0.3 is 24.8 Å². The molecule has 0 saturated carbocycles. The molecule has 0 radical (unpaired) electrons. The highest BCUT2D eigenvalue weighted by molar-refractivity contribution is 7.87. The molecule has 0 spiro atoms. The van der Waals surface area contributed by atoms with Gasteiger partial charge in [0, 0.05) is 19.6 Å². The molecule has 1 unspecified atom stereocenters. The van der Waals surface area contributed by atoms with E-state index in [-0.39, 0.29) is 33.0 Å². The van der Waals surface area contributed by atoms with Crippen LogP contribution in [0.2, 0.25) is 0 Å². The maximum atomic E-state index is 12.0. The Labute approximate surface area is 229 Å². The van der Waals surface area contributed by atoms with Gasteiger partial charge in [-0.05, 0) is 24.7 Å². The zero-order valence-electron chi connectivity index (χ0n) is 23.8. The largest absolute Gasteiger partial charge is 0.466 e. The average molecular weight is 572 g/mol. The van der Waals surface area contributed by atoms with Crippen molar-refractivity contribution in [2.45, 2.75) is 90.7 Å². The molecule has 4 N–H and O–H groups in total. The highest BCUT2D eigenvalue weighted by atomic mass is 32.2. The fourth-order valence-electron chi connectivity index (χ4n) is 3.39. The Hall–Kier alpha value is -1.31. The molecule has 0 aromatic carbocycles. The number of carbonyl (C=O) groups excluding carboxylic acids is 2. The minimum Gasteiger partial charge on any atom is -0.466 e. The van der Waals surface area contributed by atoms with Crippen LogP contribution in [0.3, 0.4) is 0 Å².